The van der Waals surface area contributed by atoms with Gasteiger partial charge in [-0.3, -0.25) is 0 Å². The largest absolute Gasteiger partial charge is 0.388 e. The van der Waals surface area contributed by atoms with Crippen molar-refractivity contribution in [1.29, 1.82) is 10.5 Å². The Balaban J connectivity index is 2.56. The molecule has 6 heteroatoms. The second-order valence-corrected chi connectivity index (χ2v) is 4.48. The van der Waals surface area contributed by atoms with Crippen molar-refractivity contribution >= 4 is 6.34 Å². The van der Waals surface area contributed by atoms with E-state index in [-0.39, 0.29) is 0 Å². The molecule has 0 aliphatic rings. The molecule has 0 heterocycles. The molecule has 0 aliphatic heterocycles. The monoisotopic (exact) mass is 290 g/mol. The number of hydrogen-bond acceptors (Lipinski definition) is 5. The zero-order valence-electron chi connectivity index (χ0n) is 11.7. The van der Waals surface area contributed by atoms with Gasteiger partial charge in [0.05, 0.1) is 23.3 Å². The summed E-state index contributed by atoms with van der Waals surface area (Å²) < 4.78 is 0. The molecule has 1 atom stereocenters. The lowest BCUT2D eigenvalue weighted by molar-refractivity contribution is 0.245. The van der Waals surface area contributed by atoms with Crippen LogP contribution in [0.5, 0.6) is 0 Å². The van der Waals surface area contributed by atoms with Crippen LogP contribution >= 0.6 is 0 Å². The van der Waals surface area contributed by atoms with Gasteiger partial charge in [0.15, 0.2) is 0 Å². The third-order valence-corrected chi connectivity index (χ3v) is 3.20. The molecule has 1 unspecified atom stereocenters. The molecule has 0 aromatic heterocycles. The fourth-order valence-electron chi connectivity index (χ4n) is 2.20. The van der Waals surface area contributed by atoms with Crippen LogP contribution in [0, 0.1) is 22.7 Å². The highest BCUT2D eigenvalue weighted by Gasteiger charge is 2.22. The summed E-state index contributed by atoms with van der Waals surface area (Å²) in [6, 6.07) is 17.8. The first kappa shape index (κ1) is 15.0. The van der Waals surface area contributed by atoms with E-state index in [0.717, 1.165) is 11.9 Å². The molecule has 2 aromatic carbocycles. The lowest BCUT2D eigenvalue weighted by Gasteiger charge is -2.26. The summed E-state index contributed by atoms with van der Waals surface area (Å²) in [5.74, 6) is 5.97. The average molecular weight is 290 g/mol. The third-order valence-electron chi connectivity index (χ3n) is 3.20. The maximum Gasteiger partial charge on any atom is 0.115 e. The predicted molar refractivity (Wildman–Crippen MR) is 82.9 cm³/mol. The summed E-state index contributed by atoms with van der Waals surface area (Å²) >= 11 is 0. The number of benzene rings is 2. The van der Waals surface area contributed by atoms with Crippen LogP contribution in [0.1, 0.15) is 28.3 Å². The summed E-state index contributed by atoms with van der Waals surface area (Å²) in [5, 5.41) is 23.3. The lowest BCUT2D eigenvalue weighted by Crippen LogP contribution is -2.32. The van der Waals surface area contributed by atoms with E-state index in [9.17, 15) is 5.26 Å². The summed E-state index contributed by atoms with van der Waals surface area (Å²) in [5.41, 5.74) is 7.87. The smallest absolute Gasteiger partial charge is 0.115 e. The summed E-state index contributed by atoms with van der Waals surface area (Å²) in [6.07, 6.45) is 1.09. The number of hydrazine groups is 1. The maximum atomic E-state index is 9.29. The Morgan fingerprint density at radius 1 is 1.05 bits per heavy atom. The Kier molecular flexibility index (Phi) is 4.71. The maximum absolute atomic E-state index is 9.29. The standard InChI is InChI=1S/C16H14N6/c17-9-12-5-7-13(8-6-12)16(22(20)21-11-19)15-4-2-1-3-14(15)10-18/h1-8,11,16H,20H2,(H2,19,21). The predicted octanol–water partition coefficient (Wildman–Crippen LogP) is 1.60. The molecule has 22 heavy (non-hydrogen) atoms. The van der Waals surface area contributed by atoms with Crippen molar-refractivity contribution in [2.45, 2.75) is 6.04 Å². The molecule has 0 aliphatic carbocycles. The molecule has 2 rings (SSSR count). The highest BCUT2D eigenvalue weighted by atomic mass is 15.6. The van der Waals surface area contributed by atoms with Crippen LogP contribution in [-0.2, 0) is 0 Å². The van der Waals surface area contributed by atoms with E-state index in [4.69, 9.17) is 16.8 Å². The molecular formula is C16H14N6. The molecule has 0 amide bonds. The van der Waals surface area contributed by atoms with Crippen LogP contribution in [-0.4, -0.2) is 11.5 Å². The van der Waals surface area contributed by atoms with E-state index in [0.29, 0.717) is 16.7 Å². The summed E-state index contributed by atoms with van der Waals surface area (Å²) in [6.45, 7) is 0. The molecule has 2 aromatic rings. The van der Waals surface area contributed by atoms with Gasteiger partial charge in [0, 0.05) is 5.56 Å². The van der Waals surface area contributed by atoms with Gasteiger partial charge in [0.25, 0.3) is 0 Å². The van der Waals surface area contributed by atoms with E-state index in [1.54, 1.807) is 36.4 Å². The number of rotatable bonds is 4. The molecule has 0 bridgehead atoms. The Hall–Kier alpha value is -3.35. The molecule has 108 valence electrons. The number of nitrogens with zero attached hydrogens (tertiary/aromatic N) is 4. The van der Waals surface area contributed by atoms with Gasteiger partial charge in [-0.25, -0.2) is 11.0 Å². The second-order valence-electron chi connectivity index (χ2n) is 4.48. The summed E-state index contributed by atoms with van der Waals surface area (Å²) in [7, 11) is 0. The van der Waals surface area contributed by atoms with Crippen LogP contribution in [0.2, 0.25) is 0 Å². The van der Waals surface area contributed by atoms with Crippen LogP contribution in [0.3, 0.4) is 0 Å². The van der Waals surface area contributed by atoms with E-state index in [1.807, 2.05) is 12.1 Å². The quantitative estimate of drug-likeness (QED) is 0.384. The number of nitrogens with two attached hydrogens (primary N) is 2. The van der Waals surface area contributed by atoms with Crippen LogP contribution < -0.4 is 11.6 Å². The van der Waals surface area contributed by atoms with E-state index >= 15 is 0 Å². The molecule has 0 saturated heterocycles. The summed E-state index contributed by atoms with van der Waals surface area (Å²) in [4.78, 5) is 0. The molecule has 0 spiro atoms. The fourth-order valence-corrected chi connectivity index (χ4v) is 2.20. The van der Waals surface area contributed by atoms with Crippen molar-refractivity contribution in [3.05, 3.63) is 70.8 Å². The van der Waals surface area contributed by atoms with Crippen molar-refractivity contribution < 1.29 is 0 Å². The lowest BCUT2D eigenvalue weighted by atomic mass is 9.94. The molecule has 0 radical (unpaired) electrons. The van der Waals surface area contributed by atoms with Gasteiger partial charge in [-0.15, -0.1) is 0 Å². The van der Waals surface area contributed by atoms with Gasteiger partial charge in [-0.05, 0) is 23.8 Å². The van der Waals surface area contributed by atoms with Crippen molar-refractivity contribution in [1.82, 2.24) is 5.12 Å². The normalized spacial score (nSPS) is 11.6. The fraction of sp³-hybridized carbons (Fsp3) is 0.0625. The van der Waals surface area contributed by atoms with Crippen molar-refractivity contribution in [2.24, 2.45) is 16.7 Å². The zero-order valence-corrected chi connectivity index (χ0v) is 11.7. The Labute approximate surface area is 128 Å². The SMILES string of the molecule is N#Cc1ccc(C(c2ccccc2C#N)N(N)/N=C\N)cc1. The third kappa shape index (κ3) is 3.04. The average Bonchev–Trinajstić information content (AvgIpc) is 2.56. The molecular weight excluding hydrogens is 276 g/mol. The zero-order chi connectivity index (χ0) is 15.9. The van der Waals surface area contributed by atoms with Gasteiger partial charge in [-0.2, -0.15) is 15.6 Å². The van der Waals surface area contributed by atoms with Crippen molar-refractivity contribution in [2.75, 3.05) is 0 Å². The number of hydrazone groups is 1. The minimum Gasteiger partial charge on any atom is -0.388 e. The topological polar surface area (TPSA) is 115 Å². The molecule has 0 fully saturated rings. The number of nitriles is 2. The first-order valence-electron chi connectivity index (χ1n) is 6.48. The minimum absolute atomic E-state index is 0.483. The first-order chi connectivity index (χ1) is 10.7. The highest BCUT2D eigenvalue weighted by molar-refractivity contribution is 5.51. The van der Waals surface area contributed by atoms with E-state index < -0.39 is 6.04 Å². The van der Waals surface area contributed by atoms with Crippen LogP contribution in [0.25, 0.3) is 0 Å². The van der Waals surface area contributed by atoms with Gasteiger partial charge < -0.3 is 5.73 Å². The van der Waals surface area contributed by atoms with Gasteiger partial charge in [-0.1, -0.05) is 30.3 Å². The second kappa shape index (κ2) is 6.89. The Morgan fingerprint density at radius 2 is 1.73 bits per heavy atom. The molecule has 4 N–H and O–H groups in total. The Bertz CT molecular complexity index is 751. The van der Waals surface area contributed by atoms with Gasteiger partial charge in [0.1, 0.15) is 12.4 Å². The highest BCUT2D eigenvalue weighted by Crippen LogP contribution is 2.29. The minimum atomic E-state index is -0.483. The number of hydrogen-bond donors (Lipinski definition) is 2. The van der Waals surface area contributed by atoms with Crippen molar-refractivity contribution in [3.8, 4) is 12.1 Å². The van der Waals surface area contributed by atoms with E-state index in [1.165, 1.54) is 5.12 Å². The van der Waals surface area contributed by atoms with Gasteiger partial charge in [0.2, 0.25) is 0 Å². The Morgan fingerprint density at radius 3 is 2.32 bits per heavy atom. The van der Waals surface area contributed by atoms with E-state index in [2.05, 4.69) is 17.2 Å². The first-order valence-corrected chi connectivity index (χ1v) is 6.48. The van der Waals surface area contributed by atoms with Crippen molar-refractivity contribution in [3.63, 3.8) is 0 Å². The molecule has 0 saturated carbocycles. The van der Waals surface area contributed by atoms with Crippen LogP contribution in [0.4, 0.5) is 0 Å². The molecule has 6 nitrogen and oxygen atoms in total. The van der Waals surface area contributed by atoms with Crippen LogP contribution in [0.15, 0.2) is 53.6 Å². The van der Waals surface area contributed by atoms with Gasteiger partial charge >= 0.3 is 0 Å².